The Hall–Kier alpha value is -3.11. The summed E-state index contributed by atoms with van der Waals surface area (Å²) in [5, 5.41) is 0. The summed E-state index contributed by atoms with van der Waals surface area (Å²) in [5.74, 6) is 1.73. The molecule has 0 fully saturated rings. The van der Waals surface area contributed by atoms with Crippen molar-refractivity contribution < 1.29 is 9.53 Å². The highest BCUT2D eigenvalue weighted by molar-refractivity contribution is 5.94. The lowest BCUT2D eigenvalue weighted by atomic mass is 9.82. The molecule has 0 radical (unpaired) electrons. The number of fused-ring (bicyclic) bond motifs is 2. The first-order valence-electron chi connectivity index (χ1n) is 12.4. The number of amides is 1. The number of methoxy groups -OCH3 is 1. The summed E-state index contributed by atoms with van der Waals surface area (Å²) in [4.78, 5) is 17.3. The van der Waals surface area contributed by atoms with E-state index in [4.69, 9.17) is 4.74 Å². The van der Waals surface area contributed by atoms with E-state index in [0.717, 1.165) is 37.2 Å². The predicted molar refractivity (Wildman–Crippen MR) is 136 cm³/mol. The highest BCUT2D eigenvalue weighted by atomic mass is 16.5. The Morgan fingerprint density at radius 2 is 1.85 bits per heavy atom. The number of rotatable bonds is 7. The maximum Gasteiger partial charge on any atom is 0.254 e. The molecule has 1 heterocycles. The second-order valence-corrected chi connectivity index (χ2v) is 9.76. The van der Waals surface area contributed by atoms with Crippen LogP contribution in [0.3, 0.4) is 0 Å². The minimum Gasteiger partial charge on any atom is -0.496 e. The lowest BCUT2D eigenvalue weighted by Gasteiger charge is -2.30. The van der Waals surface area contributed by atoms with E-state index in [1.807, 2.05) is 35.2 Å². The van der Waals surface area contributed by atoms with E-state index in [1.54, 1.807) is 7.11 Å². The lowest BCUT2D eigenvalue weighted by Crippen LogP contribution is -2.28. The van der Waals surface area contributed by atoms with E-state index in [1.165, 1.54) is 40.7 Å². The smallest absolute Gasteiger partial charge is 0.254 e. The van der Waals surface area contributed by atoms with Crippen LogP contribution in [0.25, 0.3) is 0 Å². The van der Waals surface area contributed by atoms with Crippen molar-refractivity contribution in [1.82, 2.24) is 9.80 Å². The molecule has 0 spiro atoms. The first-order chi connectivity index (χ1) is 16.6. The molecule has 176 valence electrons. The zero-order valence-corrected chi connectivity index (χ0v) is 20.3. The van der Waals surface area contributed by atoms with Gasteiger partial charge in [-0.1, -0.05) is 48.5 Å². The van der Waals surface area contributed by atoms with Crippen molar-refractivity contribution in [1.29, 1.82) is 0 Å². The van der Waals surface area contributed by atoms with Crippen LogP contribution in [-0.4, -0.2) is 43.0 Å². The summed E-state index contributed by atoms with van der Waals surface area (Å²) in [6, 6.07) is 22.9. The zero-order chi connectivity index (χ0) is 23.5. The van der Waals surface area contributed by atoms with Gasteiger partial charge in [0.2, 0.25) is 0 Å². The van der Waals surface area contributed by atoms with Crippen LogP contribution in [0.2, 0.25) is 0 Å². The Labute approximate surface area is 203 Å². The third-order valence-electron chi connectivity index (χ3n) is 7.42. The quantitative estimate of drug-likeness (QED) is 0.476. The maximum absolute atomic E-state index is 12.8. The Morgan fingerprint density at radius 1 is 1.03 bits per heavy atom. The topological polar surface area (TPSA) is 32.8 Å². The molecule has 0 N–H and O–H groups in total. The molecular formula is C30H34N2O2. The van der Waals surface area contributed by atoms with Crippen LogP contribution in [0, 0.1) is 0 Å². The van der Waals surface area contributed by atoms with Gasteiger partial charge in [0.25, 0.3) is 5.91 Å². The summed E-state index contributed by atoms with van der Waals surface area (Å²) in [6.07, 6.45) is 4.62. The van der Waals surface area contributed by atoms with E-state index < -0.39 is 0 Å². The van der Waals surface area contributed by atoms with Gasteiger partial charge in [0.1, 0.15) is 5.75 Å². The van der Waals surface area contributed by atoms with Crippen molar-refractivity contribution in [2.24, 2.45) is 0 Å². The monoisotopic (exact) mass is 454 g/mol. The SMILES string of the molecule is COc1cccc2c1CCC[C@H]2CN(C)CCc1ccc2c(c1)CN(C(=O)c1ccccc1)C2. The number of hydrogen-bond acceptors (Lipinski definition) is 3. The molecule has 0 bridgehead atoms. The summed E-state index contributed by atoms with van der Waals surface area (Å²) in [5.41, 5.74) is 7.55. The van der Waals surface area contributed by atoms with Crippen molar-refractivity contribution in [3.8, 4) is 5.75 Å². The molecule has 0 aromatic heterocycles. The second-order valence-electron chi connectivity index (χ2n) is 9.76. The number of nitrogens with zero attached hydrogens (tertiary/aromatic N) is 2. The minimum absolute atomic E-state index is 0.113. The van der Waals surface area contributed by atoms with E-state index in [2.05, 4.69) is 48.3 Å². The normalized spacial score (nSPS) is 16.9. The molecule has 0 saturated heterocycles. The van der Waals surface area contributed by atoms with Gasteiger partial charge in [-0.15, -0.1) is 0 Å². The van der Waals surface area contributed by atoms with Crippen LogP contribution < -0.4 is 4.74 Å². The van der Waals surface area contributed by atoms with Gasteiger partial charge in [0, 0.05) is 31.7 Å². The van der Waals surface area contributed by atoms with E-state index >= 15 is 0 Å². The summed E-state index contributed by atoms with van der Waals surface area (Å²) < 4.78 is 5.62. The largest absolute Gasteiger partial charge is 0.496 e. The average molecular weight is 455 g/mol. The van der Waals surface area contributed by atoms with Gasteiger partial charge in [-0.2, -0.15) is 0 Å². The van der Waals surface area contributed by atoms with Gasteiger partial charge >= 0.3 is 0 Å². The van der Waals surface area contributed by atoms with Gasteiger partial charge in [-0.25, -0.2) is 0 Å². The third kappa shape index (κ3) is 4.74. The molecule has 0 saturated carbocycles. The Bertz CT molecular complexity index is 1160. The molecule has 2 aliphatic rings. The van der Waals surface area contributed by atoms with Crippen LogP contribution in [0.4, 0.5) is 0 Å². The predicted octanol–water partition coefficient (Wildman–Crippen LogP) is 5.45. The Morgan fingerprint density at radius 3 is 2.68 bits per heavy atom. The van der Waals surface area contributed by atoms with Gasteiger partial charge in [-0.3, -0.25) is 4.79 Å². The fourth-order valence-electron chi connectivity index (χ4n) is 5.59. The van der Waals surface area contributed by atoms with Crippen LogP contribution >= 0.6 is 0 Å². The van der Waals surface area contributed by atoms with Crippen LogP contribution in [0.1, 0.15) is 56.9 Å². The van der Waals surface area contributed by atoms with Crippen molar-refractivity contribution in [2.75, 3.05) is 27.2 Å². The minimum atomic E-state index is 0.113. The molecule has 34 heavy (non-hydrogen) atoms. The van der Waals surface area contributed by atoms with Crippen LogP contribution in [0.5, 0.6) is 5.75 Å². The van der Waals surface area contributed by atoms with E-state index in [-0.39, 0.29) is 5.91 Å². The molecule has 1 aliphatic carbocycles. The molecule has 4 nitrogen and oxygen atoms in total. The standard InChI is InChI=1S/C30H34N2O2/c1-31(19-25-10-6-12-28-27(25)11-7-13-29(28)34-2)17-16-22-14-15-24-20-32(21-26(24)18-22)30(33)23-8-4-3-5-9-23/h3-5,7-9,11,13-15,18,25H,6,10,12,16-17,19-21H2,1-2H3/t25-/m0/s1. The molecule has 3 aromatic rings. The lowest BCUT2D eigenvalue weighted by molar-refractivity contribution is 0.0751. The van der Waals surface area contributed by atoms with E-state index in [0.29, 0.717) is 19.0 Å². The highest BCUT2D eigenvalue weighted by Gasteiger charge is 2.25. The highest BCUT2D eigenvalue weighted by Crippen LogP contribution is 2.37. The van der Waals surface area contributed by atoms with Gasteiger partial charge in [0.05, 0.1) is 7.11 Å². The molecule has 5 rings (SSSR count). The fourth-order valence-corrected chi connectivity index (χ4v) is 5.59. The van der Waals surface area contributed by atoms with Gasteiger partial charge in [0.15, 0.2) is 0 Å². The molecule has 0 unspecified atom stereocenters. The third-order valence-corrected chi connectivity index (χ3v) is 7.42. The van der Waals surface area contributed by atoms with Crippen LogP contribution in [-0.2, 0) is 25.9 Å². The Kier molecular flexibility index (Phi) is 6.68. The number of hydrogen-bond donors (Lipinski definition) is 0. The van der Waals surface area contributed by atoms with Crippen molar-refractivity contribution in [3.05, 3.63) is 100 Å². The molecule has 4 heteroatoms. The molecule has 1 aliphatic heterocycles. The zero-order valence-electron chi connectivity index (χ0n) is 20.3. The molecular weight excluding hydrogens is 420 g/mol. The summed E-state index contributed by atoms with van der Waals surface area (Å²) in [6.45, 7) is 3.51. The van der Waals surface area contributed by atoms with Crippen LogP contribution in [0.15, 0.2) is 66.7 Å². The summed E-state index contributed by atoms with van der Waals surface area (Å²) in [7, 11) is 4.01. The van der Waals surface area contributed by atoms with Gasteiger partial charge < -0.3 is 14.5 Å². The fraction of sp³-hybridized carbons (Fsp3) is 0.367. The first-order valence-corrected chi connectivity index (χ1v) is 12.4. The molecule has 1 atom stereocenters. The number of likely N-dealkylation sites (N-methyl/N-ethyl adjacent to an activating group) is 1. The van der Waals surface area contributed by atoms with E-state index in [9.17, 15) is 4.79 Å². The first kappa shape index (κ1) is 22.7. The number of carbonyl (C=O) groups excluding carboxylic acids is 1. The maximum atomic E-state index is 12.8. The average Bonchev–Trinajstić information content (AvgIpc) is 3.31. The second kappa shape index (κ2) is 10.0. The summed E-state index contributed by atoms with van der Waals surface area (Å²) >= 11 is 0. The molecule has 3 aromatic carbocycles. The van der Waals surface area contributed by atoms with Crippen molar-refractivity contribution in [2.45, 2.75) is 44.7 Å². The van der Waals surface area contributed by atoms with Crippen molar-refractivity contribution >= 4 is 5.91 Å². The number of ether oxygens (including phenoxy) is 1. The molecule has 1 amide bonds. The Balaban J connectivity index is 1.18. The van der Waals surface area contributed by atoms with Crippen molar-refractivity contribution in [3.63, 3.8) is 0 Å². The number of carbonyl (C=O) groups is 1. The number of benzene rings is 3. The van der Waals surface area contributed by atoms with Gasteiger partial charge in [-0.05, 0) is 84.7 Å².